The van der Waals surface area contributed by atoms with Crippen LogP contribution in [0.4, 0.5) is 5.69 Å². The molecule has 2 rings (SSSR count). The molecule has 1 N–H and O–H groups in total. The van der Waals surface area contributed by atoms with Gasteiger partial charge in [-0.25, -0.2) is 0 Å². The maximum atomic E-state index is 4.68. The molecule has 1 aromatic carbocycles. The molecule has 0 aromatic heterocycles. The van der Waals surface area contributed by atoms with Crippen LogP contribution in [0.3, 0.4) is 0 Å². The number of amidine groups is 1. The van der Waals surface area contributed by atoms with E-state index in [1.54, 1.807) is 0 Å². The quantitative estimate of drug-likeness (QED) is 0.816. The highest BCUT2D eigenvalue weighted by atomic mass is 32.2. The number of aryl methyl sites for hydroxylation is 2. The SMILES string of the molecule is Cc1ccc(NC2=NC(C)C(C)CS2)cc1C. The van der Waals surface area contributed by atoms with Crippen LogP contribution in [0.2, 0.25) is 0 Å². The summed E-state index contributed by atoms with van der Waals surface area (Å²) in [6, 6.07) is 6.87. The fraction of sp³-hybridized carbons (Fsp3) is 0.500. The molecular weight excluding hydrogens is 228 g/mol. The lowest BCUT2D eigenvalue weighted by molar-refractivity contribution is 0.537. The average molecular weight is 248 g/mol. The largest absolute Gasteiger partial charge is 0.335 e. The van der Waals surface area contributed by atoms with Gasteiger partial charge in [0, 0.05) is 11.4 Å². The van der Waals surface area contributed by atoms with Crippen LogP contribution < -0.4 is 5.32 Å². The molecule has 2 unspecified atom stereocenters. The second-order valence-electron chi connectivity index (χ2n) is 4.89. The van der Waals surface area contributed by atoms with E-state index in [1.807, 2.05) is 11.8 Å². The van der Waals surface area contributed by atoms with Crippen molar-refractivity contribution >= 4 is 22.6 Å². The molecule has 1 heterocycles. The van der Waals surface area contributed by atoms with Crippen molar-refractivity contribution in [1.29, 1.82) is 0 Å². The molecule has 0 amide bonds. The van der Waals surface area contributed by atoms with Crippen molar-refractivity contribution in [2.75, 3.05) is 11.1 Å². The molecule has 1 aliphatic heterocycles. The van der Waals surface area contributed by atoms with E-state index < -0.39 is 0 Å². The van der Waals surface area contributed by atoms with Gasteiger partial charge in [-0.15, -0.1) is 0 Å². The number of hydrogen-bond donors (Lipinski definition) is 1. The summed E-state index contributed by atoms with van der Waals surface area (Å²) in [5, 5.41) is 4.47. The van der Waals surface area contributed by atoms with Gasteiger partial charge in [0.25, 0.3) is 0 Å². The normalized spacial score (nSPS) is 24.4. The summed E-state index contributed by atoms with van der Waals surface area (Å²) in [4.78, 5) is 4.68. The Bertz CT molecular complexity index is 440. The summed E-state index contributed by atoms with van der Waals surface area (Å²) >= 11 is 1.82. The average Bonchev–Trinajstić information content (AvgIpc) is 2.29. The zero-order chi connectivity index (χ0) is 12.4. The number of nitrogens with zero attached hydrogens (tertiary/aromatic N) is 1. The third-order valence-electron chi connectivity index (χ3n) is 3.39. The van der Waals surface area contributed by atoms with Gasteiger partial charge in [-0.2, -0.15) is 0 Å². The van der Waals surface area contributed by atoms with Gasteiger partial charge in [0.2, 0.25) is 0 Å². The standard InChI is InChI=1S/C14H20N2S/c1-9-5-6-13(7-10(9)2)16-14-15-12(4)11(3)8-17-14/h5-7,11-12H,8H2,1-4H3,(H,15,16). The van der Waals surface area contributed by atoms with E-state index in [1.165, 1.54) is 11.1 Å². The Kier molecular flexibility index (Phi) is 3.77. The van der Waals surface area contributed by atoms with Gasteiger partial charge in [-0.3, -0.25) is 4.99 Å². The van der Waals surface area contributed by atoms with E-state index in [2.05, 4.69) is 56.2 Å². The van der Waals surface area contributed by atoms with Crippen LogP contribution in [0.5, 0.6) is 0 Å². The van der Waals surface area contributed by atoms with Gasteiger partial charge in [-0.05, 0) is 49.9 Å². The van der Waals surface area contributed by atoms with Crippen molar-refractivity contribution < 1.29 is 0 Å². The van der Waals surface area contributed by atoms with Crippen LogP contribution in [0.1, 0.15) is 25.0 Å². The van der Waals surface area contributed by atoms with E-state index in [0.29, 0.717) is 12.0 Å². The summed E-state index contributed by atoms with van der Waals surface area (Å²) in [6.45, 7) is 8.72. The van der Waals surface area contributed by atoms with Crippen LogP contribution in [-0.4, -0.2) is 17.0 Å². The fourth-order valence-corrected chi connectivity index (χ4v) is 2.84. The Labute approximate surface area is 108 Å². The van der Waals surface area contributed by atoms with E-state index in [9.17, 15) is 0 Å². The zero-order valence-corrected chi connectivity index (χ0v) is 11.8. The number of aliphatic imine (C=N–C) groups is 1. The first kappa shape index (κ1) is 12.5. The number of hydrogen-bond acceptors (Lipinski definition) is 3. The molecule has 2 nitrogen and oxygen atoms in total. The number of thioether (sulfide) groups is 1. The number of anilines is 1. The smallest absolute Gasteiger partial charge is 0.161 e. The number of benzene rings is 1. The van der Waals surface area contributed by atoms with Crippen LogP contribution in [-0.2, 0) is 0 Å². The fourth-order valence-electron chi connectivity index (χ4n) is 1.71. The van der Waals surface area contributed by atoms with Crippen LogP contribution in [0, 0.1) is 19.8 Å². The lowest BCUT2D eigenvalue weighted by Gasteiger charge is -2.23. The molecule has 0 fully saturated rings. The van der Waals surface area contributed by atoms with Crippen molar-refractivity contribution in [3.05, 3.63) is 29.3 Å². The van der Waals surface area contributed by atoms with Gasteiger partial charge in [0.15, 0.2) is 5.17 Å². The Balaban J connectivity index is 2.11. The topological polar surface area (TPSA) is 24.4 Å². The third kappa shape index (κ3) is 3.03. The van der Waals surface area contributed by atoms with E-state index >= 15 is 0 Å². The van der Waals surface area contributed by atoms with Crippen LogP contribution in [0.15, 0.2) is 23.2 Å². The first-order valence-electron chi connectivity index (χ1n) is 6.11. The number of rotatable bonds is 1. The van der Waals surface area contributed by atoms with Crippen molar-refractivity contribution in [2.24, 2.45) is 10.9 Å². The summed E-state index contributed by atoms with van der Waals surface area (Å²) in [7, 11) is 0. The lowest BCUT2D eigenvalue weighted by atomic mass is 10.1. The molecule has 92 valence electrons. The molecule has 1 aliphatic rings. The highest BCUT2D eigenvalue weighted by Crippen LogP contribution is 2.24. The minimum absolute atomic E-state index is 0.422. The predicted molar refractivity (Wildman–Crippen MR) is 78.1 cm³/mol. The first-order valence-corrected chi connectivity index (χ1v) is 7.09. The molecule has 0 saturated heterocycles. The van der Waals surface area contributed by atoms with Gasteiger partial charge >= 0.3 is 0 Å². The van der Waals surface area contributed by atoms with Crippen molar-refractivity contribution in [3.63, 3.8) is 0 Å². The molecule has 0 spiro atoms. The molecule has 1 aromatic rings. The molecular formula is C14H20N2S. The lowest BCUT2D eigenvalue weighted by Crippen LogP contribution is -2.25. The summed E-state index contributed by atoms with van der Waals surface area (Å²) in [5.41, 5.74) is 3.79. The molecule has 0 bridgehead atoms. The van der Waals surface area contributed by atoms with Gasteiger partial charge in [0.1, 0.15) is 0 Å². The molecule has 0 saturated carbocycles. The van der Waals surface area contributed by atoms with Crippen LogP contribution >= 0.6 is 11.8 Å². The second kappa shape index (κ2) is 5.13. The Morgan fingerprint density at radius 3 is 2.65 bits per heavy atom. The Morgan fingerprint density at radius 1 is 1.24 bits per heavy atom. The minimum Gasteiger partial charge on any atom is -0.335 e. The molecule has 17 heavy (non-hydrogen) atoms. The maximum absolute atomic E-state index is 4.68. The molecule has 0 radical (unpaired) electrons. The predicted octanol–water partition coefficient (Wildman–Crippen LogP) is 3.84. The maximum Gasteiger partial charge on any atom is 0.161 e. The highest BCUT2D eigenvalue weighted by Gasteiger charge is 2.19. The monoisotopic (exact) mass is 248 g/mol. The second-order valence-corrected chi connectivity index (χ2v) is 5.90. The van der Waals surface area contributed by atoms with Crippen LogP contribution in [0.25, 0.3) is 0 Å². The summed E-state index contributed by atoms with van der Waals surface area (Å²) in [5.74, 6) is 1.82. The van der Waals surface area contributed by atoms with Gasteiger partial charge in [-0.1, -0.05) is 24.8 Å². The summed E-state index contributed by atoms with van der Waals surface area (Å²) < 4.78 is 0. The molecule has 0 aliphatic carbocycles. The highest BCUT2D eigenvalue weighted by molar-refractivity contribution is 8.14. The van der Waals surface area contributed by atoms with Crippen molar-refractivity contribution in [1.82, 2.24) is 0 Å². The molecule has 3 heteroatoms. The minimum atomic E-state index is 0.422. The van der Waals surface area contributed by atoms with E-state index in [4.69, 9.17) is 0 Å². The van der Waals surface area contributed by atoms with E-state index in [0.717, 1.165) is 16.6 Å². The molecule has 2 atom stereocenters. The summed E-state index contributed by atoms with van der Waals surface area (Å²) in [6.07, 6.45) is 0. The Morgan fingerprint density at radius 2 is 2.00 bits per heavy atom. The Hall–Kier alpha value is -0.960. The van der Waals surface area contributed by atoms with Crippen molar-refractivity contribution in [2.45, 2.75) is 33.7 Å². The zero-order valence-electron chi connectivity index (χ0n) is 10.9. The number of nitrogens with one attached hydrogen (secondary N) is 1. The first-order chi connectivity index (χ1) is 8.06. The third-order valence-corrected chi connectivity index (χ3v) is 4.56. The van der Waals surface area contributed by atoms with E-state index in [-0.39, 0.29) is 0 Å². The van der Waals surface area contributed by atoms with Crippen molar-refractivity contribution in [3.8, 4) is 0 Å². The van der Waals surface area contributed by atoms with Gasteiger partial charge in [0.05, 0.1) is 6.04 Å². The van der Waals surface area contributed by atoms with Gasteiger partial charge < -0.3 is 5.32 Å².